The minimum absolute atomic E-state index is 0.548. The highest BCUT2D eigenvalue weighted by molar-refractivity contribution is 7.98. The lowest BCUT2D eigenvalue weighted by Gasteiger charge is -2.14. The second-order valence-corrected chi connectivity index (χ2v) is 7.26. The Morgan fingerprint density at radius 1 is 1.00 bits per heavy atom. The first-order chi connectivity index (χ1) is 13.6. The topological polar surface area (TPSA) is 58.4 Å². The van der Waals surface area contributed by atoms with Gasteiger partial charge in [0.2, 0.25) is 5.75 Å². The molecule has 0 bridgehead atoms. The van der Waals surface area contributed by atoms with Gasteiger partial charge in [-0.05, 0) is 36.8 Å². The van der Waals surface area contributed by atoms with Crippen molar-refractivity contribution in [2.24, 2.45) is 0 Å². The van der Waals surface area contributed by atoms with E-state index in [1.807, 2.05) is 36.4 Å². The number of ether oxygens (including phenoxy) is 3. The lowest BCUT2D eigenvalue weighted by molar-refractivity contribution is 0.324. The Bertz CT molecular complexity index is 937. The number of methoxy groups -OCH3 is 3. The molecule has 8 heteroatoms. The van der Waals surface area contributed by atoms with Crippen molar-refractivity contribution in [1.82, 2.24) is 14.8 Å². The van der Waals surface area contributed by atoms with E-state index in [-0.39, 0.29) is 0 Å². The maximum absolute atomic E-state index is 6.07. The molecule has 3 rings (SSSR count). The number of benzene rings is 2. The van der Waals surface area contributed by atoms with Crippen molar-refractivity contribution >= 4 is 23.4 Å². The Kier molecular flexibility index (Phi) is 6.70. The lowest BCUT2D eigenvalue weighted by Crippen LogP contribution is -2.01. The van der Waals surface area contributed by atoms with Crippen LogP contribution in [0.1, 0.15) is 12.5 Å². The number of hydrogen-bond donors (Lipinski definition) is 0. The predicted octanol–water partition coefficient (Wildman–Crippen LogP) is 4.94. The minimum atomic E-state index is 0.548. The van der Waals surface area contributed by atoms with Gasteiger partial charge in [0, 0.05) is 22.9 Å². The second kappa shape index (κ2) is 9.21. The van der Waals surface area contributed by atoms with E-state index < -0.39 is 0 Å². The van der Waals surface area contributed by atoms with Gasteiger partial charge >= 0.3 is 0 Å². The van der Waals surface area contributed by atoms with Crippen LogP contribution in [0, 0.1) is 0 Å². The molecule has 1 aromatic heterocycles. The fourth-order valence-electron chi connectivity index (χ4n) is 2.88. The van der Waals surface area contributed by atoms with Crippen molar-refractivity contribution in [3.8, 4) is 28.6 Å². The molecular formula is C20H22ClN3O3S. The van der Waals surface area contributed by atoms with Crippen LogP contribution < -0.4 is 14.2 Å². The summed E-state index contributed by atoms with van der Waals surface area (Å²) in [6.07, 6.45) is 0. The summed E-state index contributed by atoms with van der Waals surface area (Å²) in [5.74, 6) is 3.21. The third kappa shape index (κ3) is 4.20. The molecule has 0 saturated heterocycles. The average Bonchev–Trinajstić information content (AvgIpc) is 3.14. The SMILES string of the molecule is CCn1c(SCc2cccc(Cl)c2)nnc1-c1cc(OC)c(OC)c(OC)c1. The van der Waals surface area contributed by atoms with Crippen molar-refractivity contribution in [3.63, 3.8) is 0 Å². The van der Waals surface area contributed by atoms with Gasteiger partial charge in [-0.15, -0.1) is 10.2 Å². The largest absolute Gasteiger partial charge is 0.493 e. The van der Waals surface area contributed by atoms with Gasteiger partial charge in [0.25, 0.3) is 0 Å². The van der Waals surface area contributed by atoms with Crippen LogP contribution in [0.3, 0.4) is 0 Å². The van der Waals surface area contributed by atoms with Crippen molar-refractivity contribution in [1.29, 1.82) is 0 Å². The molecule has 28 heavy (non-hydrogen) atoms. The van der Waals surface area contributed by atoms with E-state index in [1.165, 1.54) is 0 Å². The molecule has 3 aromatic rings. The monoisotopic (exact) mass is 419 g/mol. The Balaban J connectivity index is 1.93. The molecule has 0 amide bonds. The van der Waals surface area contributed by atoms with Crippen LogP contribution in [0.4, 0.5) is 0 Å². The predicted molar refractivity (Wildman–Crippen MR) is 112 cm³/mol. The standard InChI is InChI=1S/C20H22ClN3O3S/c1-5-24-19(14-10-16(25-2)18(27-4)17(11-14)26-3)22-23-20(24)28-12-13-7-6-8-15(21)9-13/h6-11H,5,12H2,1-4H3. The molecule has 0 saturated carbocycles. The first kappa shape index (κ1) is 20.4. The van der Waals surface area contributed by atoms with Crippen LogP contribution >= 0.6 is 23.4 Å². The Morgan fingerprint density at radius 3 is 2.29 bits per heavy atom. The van der Waals surface area contributed by atoms with Crippen molar-refractivity contribution < 1.29 is 14.2 Å². The molecule has 6 nitrogen and oxygen atoms in total. The minimum Gasteiger partial charge on any atom is -0.493 e. The maximum atomic E-state index is 6.07. The van der Waals surface area contributed by atoms with Crippen LogP contribution in [0.2, 0.25) is 5.02 Å². The summed E-state index contributed by atoms with van der Waals surface area (Å²) in [5.41, 5.74) is 1.98. The molecule has 0 unspecified atom stereocenters. The quantitative estimate of drug-likeness (QED) is 0.482. The molecular weight excluding hydrogens is 398 g/mol. The third-order valence-corrected chi connectivity index (χ3v) is 5.49. The molecule has 1 heterocycles. The molecule has 0 spiro atoms. The zero-order valence-electron chi connectivity index (χ0n) is 16.2. The fourth-order valence-corrected chi connectivity index (χ4v) is 4.04. The van der Waals surface area contributed by atoms with Gasteiger partial charge in [0.05, 0.1) is 21.3 Å². The van der Waals surface area contributed by atoms with E-state index in [1.54, 1.807) is 33.1 Å². The van der Waals surface area contributed by atoms with E-state index in [0.29, 0.717) is 17.2 Å². The summed E-state index contributed by atoms with van der Waals surface area (Å²) < 4.78 is 18.4. The third-order valence-electron chi connectivity index (χ3n) is 4.21. The van der Waals surface area contributed by atoms with Crippen LogP contribution in [0.25, 0.3) is 11.4 Å². The number of thioether (sulfide) groups is 1. The van der Waals surface area contributed by atoms with Gasteiger partial charge in [-0.25, -0.2) is 0 Å². The maximum Gasteiger partial charge on any atom is 0.203 e. The lowest BCUT2D eigenvalue weighted by atomic mass is 10.1. The molecule has 2 aromatic carbocycles. The van der Waals surface area contributed by atoms with Crippen LogP contribution in [0.5, 0.6) is 17.2 Å². The number of hydrogen-bond acceptors (Lipinski definition) is 6. The van der Waals surface area contributed by atoms with Gasteiger partial charge in [-0.1, -0.05) is 35.5 Å². The smallest absolute Gasteiger partial charge is 0.203 e. The molecule has 0 fully saturated rings. The van der Waals surface area contributed by atoms with Crippen LogP contribution in [-0.2, 0) is 12.3 Å². The van der Waals surface area contributed by atoms with E-state index in [4.69, 9.17) is 25.8 Å². The van der Waals surface area contributed by atoms with Crippen molar-refractivity contribution in [3.05, 3.63) is 47.0 Å². The molecule has 148 valence electrons. The van der Waals surface area contributed by atoms with E-state index in [9.17, 15) is 0 Å². The Morgan fingerprint density at radius 2 is 1.71 bits per heavy atom. The number of aromatic nitrogens is 3. The second-order valence-electron chi connectivity index (χ2n) is 5.88. The highest BCUT2D eigenvalue weighted by atomic mass is 35.5. The van der Waals surface area contributed by atoms with E-state index >= 15 is 0 Å². The molecule has 0 atom stereocenters. The number of nitrogens with zero attached hydrogens (tertiary/aromatic N) is 3. The number of rotatable bonds is 8. The van der Waals surface area contributed by atoms with Crippen LogP contribution in [-0.4, -0.2) is 36.1 Å². The summed E-state index contributed by atoms with van der Waals surface area (Å²) in [6, 6.07) is 11.6. The summed E-state index contributed by atoms with van der Waals surface area (Å²) in [6.45, 7) is 2.80. The van der Waals surface area contributed by atoms with Crippen molar-refractivity contribution in [2.45, 2.75) is 24.4 Å². The zero-order chi connectivity index (χ0) is 20.1. The van der Waals surface area contributed by atoms with Gasteiger partial charge in [0.1, 0.15) is 0 Å². The fraction of sp³-hybridized carbons (Fsp3) is 0.300. The summed E-state index contributed by atoms with van der Waals surface area (Å²) >= 11 is 7.69. The highest BCUT2D eigenvalue weighted by Gasteiger charge is 2.19. The number of halogens is 1. The summed E-state index contributed by atoms with van der Waals surface area (Å²) in [4.78, 5) is 0. The highest BCUT2D eigenvalue weighted by Crippen LogP contribution is 2.41. The van der Waals surface area contributed by atoms with E-state index in [0.717, 1.165) is 39.4 Å². The Hall–Kier alpha value is -2.38. The van der Waals surface area contributed by atoms with Gasteiger partial charge in [-0.3, -0.25) is 0 Å². The van der Waals surface area contributed by atoms with Gasteiger partial charge in [-0.2, -0.15) is 0 Å². The molecule has 0 aliphatic rings. The van der Waals surface area contributed by atoms with E-state index in [2.05, 4.69) is 21.7 Å². The molecule has 0 aliphatic heterocycles. The zero-order valence-corrected chi connectivity index (χ0v) is 17.8. The van der Waals surface area contributed by atoms with Gasteiger partial charge < -0.3 is 18.8 Å². The molecule has 0 radical (unpaired) electrons. The molecule has 0 aliphatic carbocycles. The first-order valence-electron chi connectivity index (χ1n) is 8.72. The normalized spacial score (nSPS) is 10.8. The summed E-state index contributed by atoms with van der Waals surface area (Å²) in [7, 11) is 4.77. The van der Waals surface area contributed by atoms with Gasteiger partial charge in [0.15, 0.2) is 22.5 Å². The van der Waals surface area contributed by atoms with Crippen LogP contribution in [0.15, 0.2) is 41.6 Å². The molecule has 0 N–H and O–H groups in total. The Labute approximate surface area is 173 Å². The first-order valence-corrected chi connectivity index (χ1v) is 10.1. The summed E-state index contributed by atoms with van der Waals surface area (Å²) in [5, 5.41) is 10.4. The van der Waals surface area contributed by atoms with Crippen molar-refractivity contribution in [2.75, 3.05) is 21.3 Å². The average molecular weight is 420 g/mol.